The number of para-hydroxylation sites is 2. The van der Waals surface area contributed by atoms with Gasteiger partial charge in [-0.05, 0) is 24.1 Å². The molecule has 106 valence electrons. The van der Waals surface area contributed by atoms with E-state index < -0.39 is 0 Å². The van der Waals surface area contributed by atoms with Gasteiger partial charge in [-0.1, -0.05) is 36.4 Å². The Kier molecular flexibility index (Phi) is 2.93. The lowest BCUT2D eigenvalue weighted by Gasteiger charge is -2.26. The molecule has 0 spiro atoms. The number of benzene rings is 2. The molecule has 1 aromatic heterocycles. The molecule has 0 saturated carbocycles. The van der Waals surface area contributed by atoms with Gasteiger partial charge in [0.05, 0.1) is 13.2 Å². The molecule has 4 rings (SSSR count). The molecule has 0 fully saturated rings. The maximum absolute atomic E-state index is 5.53. The van der Waals surface area contributed by atoms with Gasteiger partial charge < -0.3 is 15.0 Å². The van der Waals surface area contributed by atoms with Crippen molar-refractivity contribution in [3.8, 4) is 5.75 Å². The summed E-state index contributed by atoms with van der Waals surface area (Å²) in [6.07, 6.45) is 1.06. The highest BCUT2D eigenvalue weighted by molar-refractivity contribution is 5.85. The second-order valence-corrected chi connectivity index (χ2v) is 5.44. The fraction of sp³-hybridized carbons (Fsp3) is 0.222. The number of aromatic nitrogens is 1. The third-order valence-corrected chi connectivity index (χ3v) is 4.31. The molecular weight excluding hydrogens is 260 g/mol. The van der Waals surface area contributed by atoms with Crippen LogP contribution in [0.15, 0.2) is 48.5 Å². The third kappa shape index (κ3) is 1.93. The summed E-state index contributed by atoms with van der Waals surface area (Å²) in [6.45, 7) is 0.984. The molecule has 3 heteroatoms. The van der Waals surface area contributed by atoms with E-state index >= 15 is 0 Å². The van der Waals surface area contributed by atoms with Gasteiger partial charge in [-0.25, -0.2) is 0 Å². The number of H-pyrrole nitrogens is 1. The van der Waals surface area contributed by atoms with Crippen LogP contribution in [0.1, 0.15) is 22.9 Å². The molecule has 1 aliphatic rings. The Hall–Kier alpha value is -2.26. The molecule has 0 radical (unpaired) electrons. The molecule has 0 amide bonds. The summed E-state index contributed by atoms with van der Waals surface area (Å²) in [4.78, 5) is 3.60. The molecule has 0 saturated heterocycles. The van der Waals surface area contributed by atoms with E-state index in [0.29, 0.717) is 0 Å². The SMILES string of the molecule is COc1ccccc1[C@@H]1NCCc2c1[nH]c1ccccc21. The average Bonchev–Trinajstić information content (AvgIpc) is 2.93. The van der Waals surface area contributed by atoms with Crippen molar-refractivity contribution in [1.29, 1.82) is 0 Å². The van der Waals surface area contributed by atoms with Crippen LogP contribution in [0.25, 0.3) is 10.9 Å². The Balaban J connectivity index is 1.90. The topological polar surface area (TPSA) is 37.0 Å². The summed E-state index contributed by atoms with van der Waals surface area (Å²) in [5, 5.41) is 4.96. The first-order valence-corrected chi connectivity index (χ1v) is 7.34. The first-order valence-electron chi connectivity index (χ1n) is 7.34. The Morgan fingerprint density at radius 1 is 1.05 bits per heavy atom. The number of hydrogen-bond acceptors (Lipinski definition) is 2. The largest absolute Gasteiger partial charge is 0.496 e. The lowest BCUT2D eigenvalue weighted by molar-refractivity contribution is 0.402. The van der Waals surface area contributed by atoms with E-state index in [-0.39, 0.29) is 6.04 Å². The lowest BCUT2D eigenvalue weighted by atomic mass is 9.94. The first-order chi connectivity index (χ1) is 10.4. The summed E-state index contributed by atoms with van der Waals surface area (Å²) in [5.74, 6) is 0.932. The molecule has 21 heavy (non-hydrogen) atoms. The standard InChI is InChI=1S/C18H18N2O/c1-21-16-9-5-3-7-14(16)17-18-13(10-11-19-17)12-6-2-4-8-15(12)20-18/h2-9,17,19-20H,10-11H2,1H3/t17-/m0/s1. The number of nitrogens with one attached hydrogen (secondary N) is 2. The molecule has 2 N–H and O–H groups in total. The third-order valence-electron chi connectivity index (χ3n) is 4.31. The monoisotopic (exact) mass is 278 g/mol. The maximum Gasteiger partial charge on any atom is 0.124 e. The highest BCUT2D eigenvalue weighted by atomic mass is 16.5. The number of hydrogen-bond donors (Lipinski definition) is 2. The van der Waals surface area contributed by atoms with Crippen molar-refractivity contribution in [2.75, 3.05) is 13.7 Å². The molecule has 0 aliphatic carbocycles. The molecule has 2 aromatic carbocycles. The quantitative estimate of drug-likeness (QED) is 0.753. The minimum absolute atomic E-state index is 0.164. The van der Waals surface area contributed by atoms with Gasteiger partial charge in [0.2, 0.25) is 0 Å². The molecule has 3 aromatic rings. The van der Waals surface area contributed by atoms with E-state index in [4.69, 9.17) is 4.74 Å². The smallest absolute Gasteiger partial charge is 0.124 e. The summed E-state index contributed by atoms with van der Waals surface area (Å²) in [5.41, 5.74) is 5.10. The van der Waals surface area contributed by atoms with Gasteiger partial charge in [0, 0.05) is 28.7 Å². The number of methoxy groups -OCH3 is 1. The number of ether oxygens (including phenoxy) is 1. The normalized spacial score (nSPS) is 17.7. The van der Waals surface area contributed by atoms with Gasteiger partial charge in [-0.2, -0.15) is 0 Å². The minimum atomic E-state index is 0.164. The first kappa shape index (κ1) is 12.5. The zero-order chi connectivity index (χ0) is 14.2. The minimum Gasteiger partial charge on any atom is -0.496 e. The van der Waals surface area contributed by atoms with Crippen molar-refractivity contribution in [2.24, 2.45) is 0 Å². The molecule has 1 aliphatic heterocycles. The Morgan fingerprint density at radius 3 is 2.76 bits per heavy atom. The van der Waals surface area contributed by atoms with Gasteiger partial charge in [-0.15, -0.1) is 0 Å². The van der Waals surface area contributed by atoms with Gasteiger partial charge in [-0.3, -0.25) is 0 Å². The van der Waals surface area contributed by atoms with Gasteiger partial charge in [0.25, 0.3) is 0 Å². The van der Waals surface area contributed by atoms with E-state index in [1.807, 2.05) is 12.1 Å². The highest BCUT2D eigenvalue weighted by Crippen LogP contribution is 2.36. The van der Waals surface area contributed by atoms with E-state index in [1.165, 1.54) is 27.7 Å². The fourth-order valence-electron chi connectivity index (χ4n) is 3.35. The summed E-state index contributed by atoms with van der Waals surface area (Å²) < 4.78 is 5.53. The maximum atomic E-state index is 5.53. The van der Waals surface area contributed by atoms with Gasteiger partial charge >= 0.3 is 0 Å². The van der Waals surface area contributed by atoms with Crippen molar-refractivity contribution >= 4 is 10.9 Å². The fourth-order valence-corrected chi connectivity index (χ4v) is 3.35. The lowest BCUT2D eigenvalue weighted by Crippen LogP contribution is -2.30. The second kappa shape index (κ2) is 4.93. The van der Waals surface area contributed by atoms with Crippen LogP contribution in [0.2, 0.25) is 0 Å². The van der Waals surface area contributed by atoms with Crippen molar-refractivity contribution in [3.05, 3.63) is 65.4 Å². The summed E-state index contributed by atoms with van der Waals surface area (Å²) in [7, 11) is 1.73. The number of aromatic amines is 1. The molecule has 0 unspecified atom stereocenters. The predicted octanol–water partition coefficient (Wildman–Crippen LogP) is 3.41. The number of fused-ring (bicyclic) bond motifs is 3. The average molecular weight is 278 g/mol. The summed E-state index contributed by atoms with van der Waals surface area (Å²) >= 11 is 0. The predicted molar refractivity (Wildman–Crippen MR) is 84.8 cm³/mol. The van der Waals surface area contributed by atoms with Crippen LogP contribution in [0.4, 0.5) is 0 Å². The Morgan fingerprint density at radius 2 is 1.86 bits per heavy atom. The van der Waals surface area contributed by atoms with E-state index in [1.54, 1.807) is 7.11 Å². The Bertz CT molecular complexity index is 791. The summed E-state index contributed by atoms with van der Waals surface area (Å²) in [6, 6.07) is 16.9. The van der Waals surface area contributed by atoms with Crippen LogP contribution in [-0.2, 0) is 6.42 Å². The molecule has 3 nitrogen and oxygen atoms in total. The Labute approximate surface area is 123 Å². The van der Waals surface area contributed by atoms with Crippen LogP contribution in [0.5, 0.6) is 5.75 Å². The van der Waals surface area contributed by atoms with Crippen molar-refractivity contribution in [1.82, 2.24) is 10.3 Å². The molecule has 0 bridgehead atoms. The van der Waals surface area contributed by atoms with Crippen molar-refractivity contribution < 1.29 is 4.74 Å². The highest BCUT2D eigenvalue weighted by Gasteiger charge is 2.26. The van der Waals surface area contributed by atoms with E-state index in [9.17, 15) is 0 Å². The zero-order valence-electron chi connectivity index (χ0n) is 12.0. The van der Waals surface area contributed by atoms with E-state index in [2.05, 4.69) is 46.7 Å². The van der Waals surface area contributed by atoms with Crippen LogP contribution in [-0.4, -0.2) is 18.6 Å². The van der Waals surface area contributed by atoms with Gasteiger partial charge in [0.1, 0.15) is 5.75 Å². The van der Waals surface area contributed by atoms with Crippen LogP contribution in [0, 0.1) is 0 Å². The van der Waals surface area contributed by atoms with Gasteiger partial charge in [0.15, 0.2) is 0 Å². The zero-order valence-corrected chi connectivity index (χ0v) is 12.0. The number of rotatable bonds is 2. The molecule has 2 heterocycles. The van der Waals surface area contributed by atoms with Crippen molar-refractivity contribution in [3.63, 3.8) is 0 Å². The second-order valence-electron chi connectivity index (χ2n) is 5.44. The van der Waals surface area contributed by atoms with Crippen molar-refractivity contribution in [2.45, 2.75) is 12.5 Å². The van der Waals surface area contributed by atoms with Crippen LogP contribution < -0.4 is 10.1 Å². The van der Waals surface area contributed by atoms with E-state index in [0.717, 1.165) is 18.7 Å². The van der Waals surface area contributed by atoms with Crippen LogP contribution >= 0.6 is 0 Å². The van der Waals surface area contributed by atoms with Crippen LogP contribution in [0.3, 0.4) is 0 Å². The molecule has 1 atom stereocenters. The molecular formula is C18H18N2O.